The number of nitrogens with two attached hydrogens (primary N) is 1. The SMILES string of the molecule is COc1cc(F)c(-c2cnn(C)c2N)cc1OC. The number of benzene rings is 1. The van der Waals surface area contributed by atoms with Crippen LogP contribution in [0.5, 0.6) is 11.5 Å². The third-order valence-electron chi connectivity index (χ3n) is 2.75. The molecule has 0 aliphatic heterocycles. The monoisotopic (exact) mass is 251 g/mol. The van der Waals surface area contributed by atoms with Gasteiger partial charge in [-0.1, -0.05) is 0 Å². The predicted molar refractivity (Wildman–Crippen MR) is 66.1 cm³/mol. The lowest BCUT2D eigenvalue weighted by Gasteiger charge is -2.10. The summed E-state index contributed by atoms with van der Waals surface area (Å²) in [6.45, 7) is 0. The number of halogens is 1. The van der Waals surface area contributed by atoms with Gasteiger partial charge in [-0.05, 0) is 6.07 Å². The fraction of sp³-hybridized carbons (Fsp3) is 0.250. The van der Waals surface area contributed by atoms with Gasteiger partial charge in [0, 0.05) is 24.2 Å². The summed E-state index contributed by atoms with van der Waals surface area (Å²) in [5, 5.41) is 3.98. The van der Waals surface area contributed by atoms with Gasteiger partial charge in [-0.15, -0.1) is 0 Å². The second kappa shape index (κ2) is 4.56. The van der Waals surface area contributed by atoms with Crippen LogP contribution in [0.1, 0.15) is 0 Å². The fourth-order valence-electron chi connectivity index (χ4n) is 1.72. The second-order valence-corrected chi connectivity index (χ2v) is 3.75. The standard InChI is InChI=1S/C12H14FN3O2/c1-16-12(14)8(6-15-16)7-4-10(17-2)11(18-3)5-9(7)13/h4-6H,14H2,1-3H3. The lowest BCUT2D eigenvalue weighted by atomic mass is 10.1. The number of aromatic nitrogens is 2. The van der Waals surface area contributed by atoms with E-state index in [1.807, 2.05) is 0 Å². The summed E-state index contributed by atoms with van der Waals surface area (Å²) >= 11 is 0. The van der Waals surface area contributed by atoms with Crippen LogP contribution in [0.2, 0.25) is 0 Å². The Morgan fingerprint density at radius 3 is 2.28 bits per heavy atom. The Balaban J connectivity index is 2.61. The van der Waals surface area contributed by atoms with Crippen molar-refractivity contribution in [3.8, 4) is 22.6 Å². The van der Waals surface area contributed by atoms with Crippen molar-refractivity contribution in [1.82, 2.24) is 9.78 Å². The van der Waals surface area contributed by atoms with Crippen molar-refractivity contribution in [1.29, 1.82) is 0 Å². The minimum absolute atomic E-state index is 0.332. The molecule has 1 heterocycles. The molecule has 18 heavy (non-hydrogen) atoms. The number of ether oxygens (including phenoxy) is 2. The molecule has 0 spiro atoms. The van der Waals surface area contributed by atoms with E-state index in [1.165, 1.54) is 31.2 Å². The minimum Gasteiger partial charge on any atom is -0.493 e. The summed E-state index contributed by atoms with van der Waals surface area (Å²) < 4.78 is 25.6. The molecule has 6 heteroatoms. The zero-order valence-electron chi connectivity index (χ0n) is 10.4. The molecule has 2 rings (SSSR count). The van der Waals surface area contributed by atoms with E-state index >= 15 is 0 Å². The number of anilines is 1. The Kier molecular flexibility index (Phi) is 3.10. The molecule has 1 aromatic heterocycles. The first-order valence-electron chi connectivity index (χ1n) is 5.27. The van der Waals surface area contributed by atoms with E-state index in [-0.39, 0.29) is 0 Å². The number of nitrogen functional groups attached to an aromatic ring is 1. The molecule has 0 saturated carbocycles. The van der Waals surface area contributed by atoms with Crippen molar-refractivity contribution >= 4 is 5.82 Å². The van der Waals surface area contributed by atoms with Crippen molar-refractivity contribution in [2.75, 3.05) is 20.0 Å². The van der Waals surface area contributed by atoms with Crippen LogP contribution in [0.25, 0.3) is 11.1 Å². The Labute approximate surface area is 104 Å². The molecule has 0 amide bonds. The van der Waals surface area contributed by atoms with Gasteiger partial charge in [-0.25, -0.2) is 4.39 Å². The maximum absolute atomic E-state index is 14.0. The van der Waals surface area contributed by atoms with E-state index in [1.54, 1.807) is 13.1 Å². The van der Waals surface area contributed by atoms with Gasteiger partial charge in [0.15, 0.2) is 11.5 Å². The summed E-state index contributed by atoms with van der Waals surface area (Å²) in [5.41, 5.74) is 6.68. The van der Waals surface area contributed by atoms with Gasteiger partial charge in [0.25, 0.3) is 0 Å². The van der Waals surface area contributed by atoms with Crippen molar-refractivity contribution in [3.05, 3.63) is 24.1 Å². The van der Waals surface area contributed by atoms with E-state index < -0.39 is 5.82 Å². The quantitative estimate of drug-likeness (QED) is 0.903. The molecule has 0 fully saturated rings. The highest BCUT2D eigenvalue weighted by Gasteiger charge is 2.16. The van der Waals surface area contributed by atoms with Crippen molar-refractivity contribution in [2.24, 2.45) is 7.05 Å². The van der Waals surface area contributed by atoms with Crippen LogP contribution in [0.15, 0.2) is 18.3 Å². The van der Waals surface area contributed by atoms with Crippen LogP contribution >= 0.6 is 0 Å². The molecule has 5 nitrogen and oxygen atoms in total. The maximum Gasteiger partial charge on any atom is 0.163 e. The molecule has 96 valence electrons. The van der Waals surface area contributed by atoms with E-state index in [2.05, 4.69) is 5.10 Å². The highest BCUT2D eigenvalue weighted by molar-refractivity contribution is 5.76. The third kappa shape index (κ3) is 1.85. The Bertz CT molecular complexity index is 581. The number of aryl methyl sites for hydroxylation is 1. The van der Waals surface area contributed by atoms with Crippen LogP contribution in [-0.4, -0.2) is 24.0 Å². The predicted octanol–water partition coefficient (Wildman–Crippen LogP) is 1.83. The van der Waals surface area contributed by atoms with Crippen LogP contribution < -0.4 is 15.2 Å². The molecule has 0 bridgehead atoms. The average Bonchev–Trinajstić information content (AvgIpc) is 2.70. The molecule has 0 aliphatic carbocycles. The van der Waals surface area contributed by atoms with Gasteiger partial charge in [0.1, 0.15) is 11.6 Å². The maximum atomic E-state index is 14.0. The summed E-state index contributed by atoms with van der Waals surface area (Å²) in [6.07, 6.45) is 1.51. The molecule has 1 aromatic carbocycles. The molecule has 0 radical (unpaired) electrons. The van der Waals surface area contributed by atoms with Gasteiger partial charge in [-0.2, -0.15) is 5.10 Å². The first-order chi connectivity index (χ1) is 8.58. The van der Waals surface area contributed by atoms with E-state index in [4.69, 9.17) is 15.2 Å². The number of hydrogen-bond donors (Lipinski definition) is 1. The second-order valence-electron chi connectivity index (χ2n) is 3.75. The molecule has 2 N–H and O–H groups in total. The van der Waals surface area contributed by atoms with E-state index in [9.17, 15) is 4.39 Å². The summed E-state index contributed by atoms with van der Waals surface area (Å²) in [5.74, 6) is 0.729. The molecule has 0 saturated heterocycles. The largest absolute Gasteiger partial charge is 0.493 e. The Hall–Kier alpha value is -2.24. The topological polar surface area (TPSA) is 62.3 Å². The summed E-state index contributed by atoms with van der Waals surface area (Å²) in [4.78, 5) is 0. The highest BCUT2D eigenvalue weighted by Crippen LogP contribution is 2.36. The fourth-order valence-corrected chi connectivity index (χ4v) is 1.72. The smallest absolute Gasteiger partial charge is 0.163 e. The van der Waals surface area contributed by atoms with Crippen LogP contribution in [0.3, 0.4) is 0 Å². The summed E-state index contributed by atoms with van der Waals surface area (Å²) in [6, 6.07) is 2.81. The molecular weight excluding hydrogens is 237 g/mol. The van der Waals surface area contributed by atoms with Crippen LogP contribution in [0.4, 0.5) is 10.2 Å². The summed E-state index contributed by atoms with van der Waals surface area (Å²) in [7, 11) is 4.64. The van der Waals surface area contributed by atoms with Crippen LogP contribution in [0, 0.1) is 5.82 Å². The number of rotatable bonds is 3. The molecule has 0 atom stereocenters. The number of methoxy groups -OCH3 is 2. The normalized spacial score (nSPS) is 10.4. The lowest BCUT2D eigenvalue weighted by molar-refractivity contribution is 0.352. The number of nitrogens with zero attached hydrogens (tertiary/aromatic N) is 2. The Morgan fingerprint density at radius 1 is 1.17 bits per heavy atom. The lowest BCUT2D eigenvalue weighted by Crippen LogP contribution is -1.99. The van der Waals surface area contributed by atoms with Crippen LogP contribution in [-0.2, 0) is 7.05 Å². The van der Waals surface area contributed by atoms with Gasteiger partial charge in [-0.3, -0.25) is 4.68 Å². The first kappa shape index (κ1) is 12.2. The van der Waals surface area contributed by atoms with Gasteiger partial charge in [0.05, 0.1) is 20.4 Å². The third-order valence-corrected chi connectivity index (χ3v) is 2.75. The van der Waals surface area contributed by atoms with Gasteiger partial charge in [0.2, 0.25) is 0 Å². The Morgan fingerprint density at radius 2 is 1.78 bits per heavy atom. The molecule has 0 aliphatic rings. The van der Waals surface area contributed by atoms with Crippen molar-refractivity contribution in [3.63, 3.8) is 0 Å². The van der Waals surface area contributed by atoms with E-state index in [0.717, 1.165) is 0 Å². The molecular formula is C12H14FN3O2. The zero-order chi connectivity index (χ0) is 13.3. The highest BCUT2D eigenvalue weighted by atomic mass is 19.1. The van der Waals surface area contributed by atoms with E-state index in [0.29, 0.717) is 28.4 Å². The molecule has 0 unspecified atom stereocenters. The minimum atomic E-state index is -0.438. The van der Waals surface area contributed by atoms with Crippen molar-refractivity contribution < 1.29 is 13.9 Å². The molecule has 2 aromatic rings. The van der Waals surface area contributed by atoms with Gasteiger partial charge < -0.3 is 15.2 Å². The van der Waals surface area contributed by atoms with Gasteiger partial charge >= 0.3 is 0 Å². The average molecular weight is 251 g/mol. The first-order valence-corrected chi connectivity index (χ1v) is 5.27. The zero-order valence-corrected chi connectivity index (χ0v) is 10.4. The number of hydrogen-bond acceptors (Lipinski definition) is 4. The van der Waals surface area contributed by atoms with Crippen molar-refractivity contribution in [2.45, 2.75) is 0 Å².